The van der Waals surface area contributed by atoms with Gasteiger partial charge in [0, 0.05) is 16.9 Å². The zero-order chi connectivity index (χ0) is 24.5. The van der Waals surface area contributed by atoms with Crippen LogP contribution >= 0.6 is 23.1 Å². The Hall–Kier alpha value is -3.94. The number of aryl methyl sites for hydroxylation is 1. The van der Waals surface area contributed by atoms with E-state index in [0.29, 0.717) is 0 Å². The molecule has 0 bridgehead atoms. The van der Waals surface area contributed by atoms with E-state index in [0.717, 1.165) is 43.7 Å². The third-order valence-electron chi connectivity index (χ3n) is 5.84. The molecule has 0 aliphatic carbocycles. The smallest absolute Gasteiger partial charge is 0.234 e. The highest BCUT2D eigenvalue weighted by molar-refractivity contribution is 7.99. The van der Waals surface area contributed by atoms with Crippen LogP contribution in [0.3, 0.4) is 0 Å². The van der Waals surface area contributed by atoms with Crippen molar-refractivity contribution in [2.45, 2.75) is 12.1 Å². The molecular formula is C29H22N4OS2. The van der Waals surface area contributed by atoms with E-state index in [4.69, 9.17) is 9.97 Å². The monoisotopic (exact) mass is 506 g/mol. The summed E-state index contributed by atoms with van der Waals surface area (Å²) in [6, 6.07) is 32.3. The number of hydrogen-bond donors (Lipinski definition) is 1. The lowest BCUT2D eigenvalue weighted by molar-refractivity contribution is -0.113. The second-order valence-corrected chi connectivity index (χ2v) is 10.4. The van der Waals surface area contributed by atoms with Gasteiger partial charge in [-0.25, -0.2) is 9.97 Å². The molecule has 1 N–H and O–H groups in total. The maximum Gasteiger partial charge on any atom is 0.234 e. The van der Waals surface area contributed by atoms with Crippen molar-refractivity contribution in [2.24, 2.45) is 0 Å². The third kappa shape index (κ3) is 4.51. The molecule has 0 spiro atoms. The summed E-state index contributed by atoms with van der Waals surface area (Å²) in [5, 5.41) is 4.77. The molecule has 6 aromatic rings. The highest BCUT2D eigenvalue weighted by atomic mass is 32.2. The molecular weight excluding hydrogens is 484 g/mol. The van der Waals surface area contributed by atoms with E-state index in [2.05, 4.69) is 35.0 Å². The Bertz CT molecular complexity index is 1690. The van der Waals surface area contributed by atoms with E-state index in [-0.39, 0.29) is 11.7 Å². The highest BCUT2D eigenvalue weighted by Gasteiger charge is 2.14. The third-order valence-corrected chi connectivity index (χ3v) is 7.84. The van der Waals surface area contributed by atoms with E-state index in [1.165, 1.54) is 22.0 Å². The molecule has 5 nitrogen and oxygen atoms in total. The molecule has 6 rings (SSSR count). The first kappa shape index (κ1) is 22.5. The molecule has 0 fully saturated rings. The number of nitrogens with zero attached hydrogens (tertiary/aromatic N) is 3. The summed E-state index contributed by atoms with van der Waals surface area (Å²) in [4.78, 5) is 22.3. The van der Waals surface area contributed by atoms with Gasteiger partial charge in [-0.3, -0.25) is 9.36 Å². The Morgan fingerprint density at radius 2 is 1.67 bits per heavy atom. The number of thiazole rings is 1. The molecule has 36 heavy (non-hydrogen) atoms. The summed E-state index contributed by atoms with van der Waals surface area (Å²) in [5.74, 6) is 0.185. The van der Waals surface area contributed by atoms with Crippen molar-refractivity contribution in [2.75, 3.05) is 11.1 Å². The lowest BCUT2D eigenvalue weighted by Crippen LogP contribution is -2.14. The number of imidazole rings is 1. The van der Waals surface area contributed by atoms with Crippen molar-refractivity contribution >= 4 is 55.9 Å². The molecule has 7 heteroatoms. The standard InChI is InChI=1S/C29H22N4OS2/c1-19-11-16-24-26(17-19)36-28(31-24)20-12-14-21(15-13-20)30-27(34)18-35-29-32-23-9-5-6-10-25(23)33(29)22-7-3-2-4-8-22/h2-17H,18H2,1H3,(H,30,34). The minimum atomic E-state index is -0.0742. The van der Waals surface area contributed by atoms with Gasteiger partial charge in [-0.05, 0) is 73.2 Å². The van der Waals surface area contributed by atoms with E-state index < -0.39 is 0 Å². The Balaban J connectivity index is 1.16. The average molecular weight is 507 g/mol. The van der Waals surface area contributed by atoms with Gasteiger partial charge in [0.1, 0.15) is 5.01 Å². The molecule has 2 aromatic heterocycles. The van der Waals surface area contributed by atoms with E-state index in [1.807, 2.05) is 78.9 Å². The minimum absolute atomic E-state index is 0.0742. The van der Waals surface area contributed by atoms with E-state index >= 15 is 0 Å². The van der Waals surface area contributed by atoms with Crippen LogP contribution in [0.25, 0.3) is 37.5 Å². The molecule has 0 unspecified atom stereocenters. The van der Waals surface area contributed by atoms with Crippen molar-refractivity contribution in [1.82, 2.24) is 14.5 Å². The fraction of sp³-hybridized carbons (Fsp3) is 0.0690. The molecule has 4 aromatic carbocycles. The topological polar surface area (TPSA) is 59.8 Å². The summed E-state index contributed by atoms with van der Waals surface area (Å²) in [5.41, 5.74) is 6.99. The van der Waals surface area contributed by atoms with Gasteiger partial charge in [0.25, 0.3) is 0 Å². The maximum absolute atomic E-state index is 12.8. The summed E-state index contributed by atoms with van der Waals surface area (Å²) in [6.45, 7) is 2.09. The Morgan fingerprint density at radius 3 is 2.50 bits per heavy atom. The zero-order valence-corrected chi connectivity index (χ0v) is 21.1. The highest BCUT2D eigenvalue weighted by Crippen LogP contribution is 2.32. The van der Waals surface area contributed by atoms with Crippen molar-refractivity contribution in [3.63, 3.8) is 0 Å². The molecule has 0 atom stereocenters. The lowest BCUT2D eigenvalue weighted by atomic mass is 10.2. The van der Waals surface area contributed by atoms with Crippen molar-refractivity contribution in [3.8, 4) is 16.3 Å². The molecule has 2 heterocycles. The number of nitrogens with one attached hydrogen (secondary N) is 1. The Kier molecular flexibility index (Phi) is 6.01. The number of amides is 1. The molecule has 0 aliphatic heterocycles. The first-order valence-corrected chi connectivity index (χ1v) is 13.4. The zero-order valence-electron chi connectivity index (χ0n) is 19.5. The van der Waals surface area contributed by atoms with Crippen LogP contribution in [-0.2, 0) is 4.79 Å². The van der Waals surface area contributed by atoms with Gasteiger partial charge in [0.05, 0.1) is 27.0 Å². The van der Waals surface area contributed by atoms with Crippen molar-refractivity contribution in [1.29, 1.82) is 0 Å². The van der Waals surface area contributed by atoms with Gasteiger partial charge in [0.2, 0.25) is 5.91 Å². The SMILES string of the molecule is Cc1ccc2nc(-c3ccc(NC(=O)CSc4nc5ccccc5n4-c4ccccc4)cc3)sc2c1. The normalized spacial score (nSPS) is 11.2. The number of carbonyl (C=O) groups is 1. The first-order chi connectivity index (χ1) is 17.6. The summed E-state index contributed by atoms with van der Waals surface area (Å²) >= 11 is 3.11. The Labute approximate surface area is 216 Å². The fourth-order valence-corrected chi connectivity index (χ4v) is 6.00. The van der Waals surface area contributed by atoms with Crippen LogP contribution < -0.4 is 5.32 Å². The van der Waals surface area contributed by atoms with Crippen molar-refractivity contribution < 1.29 is 4.79 Å². The number of thioether (sulfide) groups is 1. The van der Waals surface area contributed by atoms with Crippen LogP contribution in [0.4, 0.5) is 5.69 Å². The number of hydrogen-bond acceptors (Lipinski definition) is 5. The second kappa shape index (κ2) is 9.60. The number of anilines is 1. The largest absolute Gasteiger partial charge is 0.325 e. The molecule has 0 aliphatic rings. The first-order valence-electron chi connectivity index (χ1n) is 11.6. The van der Waals surface area contributed by atoms with Crippen molar-refractivity contribution in [3.05, 3.63) is 103 Å². The average Bonchev–Trinajstić information content (AvgIpc) is 3.49. The Morgan fingerprint density at radius 1 is 0.889 bits per heavy atom. The van der Waals surface area contributed by atoms with Crippen LogP contribution in [0.5, 0.6) is 0 Å². The van der Waals surface area contributed by atoms with Gasteiger partial charge in [0.15, 0.2) is 5.16 Å². The van der Waals surface area contributed by atoms with Crippen LogP contribution in [0.1, 0.15) is 5.56 Å². The fourth-order valence-electron chi connectivity index (χ4n) is 4.11. The van der Waals surface area contributed by atoms with Crippen LogP contribution in [0.15, 0.2) is 102 Å². The van der Waals surface area contributed by atoms with Gasteiger partial charge in [-0.2, -0.15) is 0 Å². The molecule has 176 valence electrons. The summed E-state index contributed by atoms with van der Waals surface area (Å²) < 4.78 is 3.28. The van der Waals surface area contributed by atoms with Crippen LogP contribution in [0.2, 0.25) is 0 Å². The predicted octanol–water partition coefficient (Wildman–Crippen LogP) is 7.34. The molecule has 0 saturated carbocycles. The van der Waals surface area contributed by atoms with Gasteiger partial charge in [-0.15, -0.1) is 11.3 Å². The number of carbonyl (C=O) groups excluding carboxylic acids is 1. The molecule has 0 radical (unpaired) electrons. The summed E-state index contributed by atoms with van der Waals surface area (Å²) in [6.07, 6.45) is 0. The maximum atomic E-state index is 12.8. The summed E-state index contributed by atoms with van der Waals surface area (Å²) in [7, 11) is 0. The van der Waals surface area contributed by atoms with Crippen LogP contribution in [0, 0.1) is 6.92 Å². The van der Waals surface area contributed by atoms with Gasteiger partial charge in [-0.1, -0.05) is 48.2 Å². The lowest BCUT2D eigenvalue weighted by Gasteiger charge is -2.09. The number of para-hydroxylation sites is 3. The van der Waals surface area contributed by atoms with E-state index in [1.54, 1.807) is 11.3 Å². The molecule has 0 saturated heterocycles. The van der Waals surface area contributed by atoms with Gasteiger partial charge >= 0.3 is 0 Å². The number of aromatic nitrogens is 3. The number of benzene rings is 4. The quantitative estimate of drug-likeness (QED) is 0.240. The molecule has 1 amide bonds. The minimum Gasteiger partial charge on any atom is -0.325 e. The number of fused-ring (bicyclic) bond motifs is 2. The number of rotatable bonds is 6. The second-order valence-electron chi connectivity index (χ2n) is 8.46. The predicted molar refractivity (Wildman–Crippen MR) is 150 cm³/mol. The van der Waals surface area contributed by atoms with E-state index in [9.17, 15) is 4.79 Å². The van der Waals surface area contributed by atoms with Crippen LogP contribution in [-0.4, -0.2) is 26.2 Å². The van der Waals surface area contributed by atoms with Gasteiger partial charge < -0.3 is 5.32 Å².